The van der Waals surface area contributed by atoms with Gasteiger partial charge in [0.15, 0.2) is 0 Å². The number of carbonyl (C=O) groups is 1. The summed E-state index contributed by atoms with van der Waals surface area (Å²) in [5.41, 5.74) is 1.17. The Labute approximate surface area is 172 Å². The maximum Gasteiger partial charge on any atom is 0.266 e. The number of hydrogen-bond acceptors (Lipinski definition) is 5. The van der Waals surface area contributed by atoms with Crippen molar-refractivity contribution >= 4 is 16.7 Å². The van der Waals surface area contributed by atoms with Crippen molar-refractivity contribution in [3.05, 3.63) is 78.1 Å². The van der Waals surface area contributed by atoms with Crippen molar-refractivity contribution in [2.45, 2.75) is 18.8 Å². The molecule has 6 nitrogen and oxygen atoms in total. The molecule has 1 saturated heterocycles. The van der Waals surface area contributed by atoms with Gasteiger partial charge in [0.25, 0.3) is 11.8 Å². The lowest BCUT2D eigenvalue weighted by atomic mass is 9.96. The fourth-order valence-corrected chi connectivity index (χ4v) is 3.89. The number of likely N-dealkylation sites (tertiary alicyclic amines) is 1. The number of benzene rings is 2. The molecule has 7 heteroatoms. The summed E-state index contributed by atoms with van der Waals surface area (Å²) >= 11 is 0. The summed E-state index contributed by atoms with van der Waals surface area (Å²) < 4.78 is 19.1. The number of pyridine rings is 1. The van der Waals surface area contributed by atoms with Crippen LogP contribution in [0.1, 0.15) is 35.0 Å². The van der Waals surface area contributed by atoms with Gasteiger partial charge in [0, 0.05) is 36.2 Å². The lowest BCUT2D eigenvalue weighted by molar-refractivity contribution is 0.0706. The highest BCUT2D eigenvalue weighted by Gasteiger charge is 2.28. The van der Waals surface area contributed by atoms with Gasteiger partial charge in [0.1, 0.15) is 11.5 Å². The van der Waals surface area contributed by atoms with Crippen molar-refractivity contribution in [1.82, 2.24) is 20.1 Å². The number of amides is 1. The predicted octanol–water partition coefficient (Wildman–Crippen LogP) is 4.44. The predicted molar refractivity (Wildman–Crippen MR) is 109 cm³/mol. The number of aromatic nitrogens is 3. The smallest absolute Gasteiger partial charge is 0.266 e. The normalized spacial score (nSPS) is 14.9. The Balaban J connectivity index is 1.30. The van der Waals surface area contributed by atoms with Crippen LogP contribution in [-0.4, -0.2) is 39.1 Å². The van der Waals surface area contributed by atoms with Gasteiger partial charge in [-0.1, -0.05) is 24.3 Å². The van der Waals surface area contributed by atoms with Crippen LogP contribution in [0.15, 0.2) is 65.2 Å². The van der Waals surface area contributed by atoms with Gasteiger partial charge in [0.05, 0.1) is 0 Å². The molecule has 0 radical (unpaired) electrons. The van der Waals surface area contributed by atoms with Gasteiger partial charge >= 0.3 is 0 Å². The second-order valence-electron chi connectivity index (χ2n) is 7.40. The molecule has 1 aliphatic heterocycles. The van der Waals surface area contributed by atoms with Crippen LogP contribution in [0.25, 0.3) is 22.4 Å². The van der Waals surface area contributed by atoms with Crippen LogP contribution in [0.3, 0.4) is 0 Å². The summed E-state index contributed by atoms with van der Waals surface area (Å²) in [6.45, 7) is 1.18. The van der Waals surface area contributed by atoms with E-state index in [-0.39, 0.29) is 17.6 Å². The summed E-state index contributed by atoms with van der Waals surface area (Å²) in [4.78, 5) is 18.8. The third kappa shape index (κ3) is 3.43. The van der Waals surface area contributed by atoms with Gasteiger partial charge in [-0.25, -0.2) is 4.39 Å². The first-order valence-corrected chi connectivity index (χ1v) is 9.91. The standard InChI is InChI=1S/C23H19FN4O2/c24-18-7-5-17(6-8-18)23(29)28-13-10-16(11-14-28)21-26-27-22(30-21)20-19-4-2-1-3-15(19)9-12-25-20/h1-9,12,16H,10-11,13-14H2. The third-order valence-corrected chi connectivity index (χ3v) is 5.54. The molecular formula is C23H19FN4O2. The molecule has 0 aliphatic carbocycles. The number of hydrogen-bond donors (Lipinski definition) is 0. The van der Waals surface area contributed by atoms with Gasteiger partial charge in [0.2, 0.25) is 5.89 Å². The number of nitrogens with zero attached hydrogens (tertiary/aromatic N) is 4. The summed E-state index contributed by atoms with van der Waals surface area (Å²) in [6.07, 6.45) is 3.20. The largest absolute Gasteiger partial charge is 0.419 e. The quantitative estimate of drug-likeness (QED) is 0.506. The molecule has 1 aliphatic rings. The van der Waals surface area contributed by atoms with E-state index in [9.17, 15) is 9.18 Å². The fourth-order valence-electron chi connectivity index (χ4n) is 3.89. The first kappa shape index (κ1) is 18.4. The van der Waals surface area contributed by atoms with Crippen molar-refractivity contribution in [3.63, 3.8) is 0 Å². The Hall–Kier alpha value is -3.61. The Morgan fingerprint density at radius 2 is 1.77 bits per heavy atom. The minimum absolute atomic E-state index is 0.0837. The number of piperidine rings is 1. The van der Waals surface area contributed by atoms with Crippen LogP contribution in [0.5, 0.6) is 0 Å². The van der Waals surface area contributed by atoms with E-state index in [1.165, 1.54) is 24.3 Å². The molecule has 1 fully saturated rings. The second-order valence-corrected chi connectivity index (χ2v) is 7.40. The number of rotatable bonds is 3. The van der Waals surface area contributed by atoms with Gasteiger partial charge < -0.3 is 9.32 Å². The van der Waals surface area contributed by atoms with E-state index in [1.54, 1.807) is 11.1 Å². The molecule has 0 atom stereocenters. The van der Waals surface area contributed by atoms with Crippen LogP contribution >= 0.6 is 0 Å². The molecule has 3 heterocycles. The molecule has 4 aromatic rings. The van der Waals surface area contributed by atoms with Crippen molar-refractivity contribution in [3.8, 4) is 11.6 Å². The van der Waals surface area contributed by atoms with Crippen LogP contribution in [0, 0.1) is 5.82 Å². The average Bonchev–Trinajstić information content (AvgIpc) is 3.29. The Bertz CT molecular complexity index is 1190. The fraction of sp³-hybridized carbons (Fsp3) is 0.217. The lowest BCUT2D eigenvalue weighted by Crippen LogP contribution is -2.38. The van der Waals surface area contributed by atoms with Gasteiger partial charge in [-0.05, 0) is 48.6 Å². The molecule has 0 saturated carbocycles. The monoisotopic (exact) mass is 402 g/mol. The molecule has 30 heavy (non-hydrogen) atoms. The van der Waals surface area contributed by atoms with Gasteiger partial charge in [-0.2, -0.15) is 0 Å². The van der Waals surface area contributed by atoms with E-state index in [1.807, 2.05) is 30.3 Å². The summed E-state index contributed by atoms with van der Waals surface area (Å²) in [6, 6.07) is 15.5. The minimum atomic E-state index is -0.349. The second kappa shape index (κ2) is 7.67. The van der Waals surface area contributed by atoms with E-state index in [2.05, 4.69) is 15.2 Å². The molecule has 0 N–H and O–H groups in total. The molecule has 5 rings (SSSR count). The zero-order valence-corrected chi connectivity index (χ0v) is 16.2. The van der Waals surface area contributed by atoms with Crippen molar-refractivity contribution in [1.29, 1.82) is 0 Å². The third-order valence-electron chi connectivity index (χ3n) is 5.54. The zero-order chi connectivity index (χ0) is 20.5. The van der Waals surface area contributed by atoms with E-state index in [0.717, 1.165) is 23.6 Å². The zero-order valence-electron chi connectivity index (χ0n) is 16.2. The van der Waals surface area contributed by atoms with Gasteiger partial charge in [-0.3, -0.25) is 9.78 Å². The summed E-state index contributed by atoms with van der Waals surface area (Å²) in [5, 5.41) is 10.5. The summed E-state index contributed by atoms with van der Waals surface area (Å²) in [7, 11) is 0. The summed E-state index contributed by atoms with van der Waals surface area (Å²) in [5.74, 6) is 0.650. The topological polar surface area (TPSA) is 72.1 Å². The van der Waals surface area contributed by atoms with Gasteiger partial charge in [-0.15, -0.1) is 10.2 Å². The van der Waals surface area contributed by atoms with Crippen molar-refractivity contribution in [2.24, 2.45) is 0 Å². The molecule has 0 unspecified atom stereocenters. The van der Waals surface area contributed by atoms with Crippen LogP contribution in [-0.2, 0) is 0 Å². The van der Waals surface area contributed by atoms with E-state index < -0.39 is 0 Å². The molecule has 2 aromatic carbocycles. The maximum absolute atomic E-state index is 13.1. The molecule has 0 bridgehead atoms. The first-order valence-electron chi connectivity index (χ1n) is 9.91. The maximum atomic E-state index is 13.1. The lowest BCUT2D eigenvalue weighted by Gasteiger charge is -2.30. The minimum Gasteiger partial charge on any atom is -0.419 e. The first-order chi connectivity index (χ1) is 14.7. The van der Waals surface area contributed by atoms with Crippen LogP contribution in [0.4, 0.5) is 4.39 Å². The molecule has 1 amide bonds. The Morgan fingerprint density at radius 1 is 1.00 bits per heavy atom. The highest BCUT2D eigenvalue weighted by molar-refractivity contribution is 5.94. The van der Waals surface area contributed by atoms with E-state index in [0.29, 0.717) is 36.1 Å². The number of fused-ring (bicyclic) bond motifs is 1. The van der Waals surface area contributed by atoms with Crippen LogP contribution in [0.2, 0.25) is 0 Å². The molecule has 0 spiro atoms. The van der Waals surface area contributed by atoms with Crippen molar-refractivity contribution < 1.29 is 13.6 Å². The SMILES string of the molecule is O=C(c1ccc(F)cc1)N1CCC(c2nnc(-c3nccc4ccccc34)o2)CC1. The Morgan fingerprint density at radius 3 is 2.57 bits per heavy atom. The molecule has 150 valence electrons. The number of carbonyl (C=O) groups excluding carboxylic acids is 1. The Kier molecular flexibility index (Phi) is 4.71. The highest BCUT2D eigenvalue weighted by Crippen LogP contribution is 2.31. The van der Waals surface area contributed by atoms with Crippen molar-refractivity contribution in [2.75, 3.05) is 13.1 Å². The molecular weight excluding hydrogens is 383 g/mol. The van der Waals surface area contributed by atoms with Crippen LogP contribution < -0.4 is 0 Å². The van der Waals surface area contributed by atoms with E-state index >= 15 is 0 Å². The average molecular weight is 402 g/mol. The van der Waals surface area contributed by atoms with E-state index in [4.69, 9.17) is 4.42 Å². The highest BCUT2D eigenvalue weighted by atomic mass is 19.1. The molecule has 2 aromatic heterocycles. The number of halogens is 1.